The van der Waals surface area contributed by atoms with E-state index in [0.717, 1.165) is 5.56 Å². The predicted molar refractivity (Wildman–Crippen MR) is 78.0 cm³/mol. The molecule has 1 fully saturated rings. The van der Waals surface area contributed by atoms with Gasteiger partial charge in [0.05, 0.1) is 19.3 Å². The van der Waals surface area contributed by atoms with E-state index in [4.69, 9.17) is 10.5 Å². The Morgan fingerprint density at radius 2 is 2.14 bits per heavy atom. The quantitative estimate of drug-likeness (QED) is 0.812. The summed E-state index contributed by atoms with van der Waals surface area (Å²) in [6.07, 6.45) is 0. The van der Waals surface area contributed by atoms with Crippen molar-refractivity contribution in [2.24, 2.45) is 5.92 Å². The molecule has 1 aromatic carbocycles. The SMILES string of the molecule is CCN(C(=O)c1ccc(C)c(N)c1)C1COCC1C(=O)O. The maximum atomic E-state index is 12.6. The summed E-state index contributed by atoms with van der Waals surface area (Å²) >= 11 is 0. The third-order valence-corrected chi connectivity index (χ3v) is 3.90. The van der Waals surface area contributed by atoms with Gasteiger partial charge in [0.1, 0.15) is 5.92 Å². The van der Waals surface area contributed by atoms with E-state index in [-0.39, 0.29) is 19.1 Å². The lowest BCUT2D eigenvalue weighted by Crippen LogP contribution is -2.46. The second-order valence-corrected chi connectivity index (χ2v) is 5.21. The summed E-state index contributed by atoms with van der Waals surface area (Å²) in [5.74, 6) is -1.84. The number of aliphatic carboxylic acids is 1. The van der Waals surface area contributed by atoms with Crippen LogP contribution in [0.3, 0.4) is 0 Å². The first kappa shape index (κ1) is 15.3. The third-order valence-electron chi connectivity index (χ3n) is 3.90. The third kappa shape index (κ3) is 3.00. The number of carboxylic acids is 1. The van der Waals surface area contributed by atoms with E-state index in [2.05, 4.69) is 0 Å². The van der Waals surface area contributed by atoms with Crippen LogP contribution in [0, 0.1) is 12.8 Å². The number of carbonyl (C=O) groups is 2. The number of nitrogens with two attached hydrogens (primary N) is 1. The van der Waals surface area contributed by atoms with Crippen LogP contribution in [0.15, 0.2) is 18.2 Å². The number of hydrogen-bond donors (Lipinski definition) is 2. The highest BCUT2D eigenvalue weighted by atomic mass is 16.5. The summed E-state index contributed by atoms with van der Waals surface area (Å²) in [5.41, 5.74) is 7.76. The summed E-state index contributed by atoms with van der Waals surface area (Å²) in [4.78, 5) is 25.4. The Morgan fingerprint density at radius 3 is 2.71 bits per heavy atom. The van der Waals surface area contributed by atoms with Crippen LogP contribution >= 0.6 is 0 Å². The molecule has 1 aliphatic heterocycles. The monoisotopic (exact) mass is 292 g/mol. The molecule has 6 nitrogen and oxygen atoms in total. The number of carbonyl (C=O) groups excluding carboxylic acids is 1. The zero-order chi connectivity index (χ0) is 15.6. The molecule has 6 heteroatoms. The summed E-state index contributed by atoms with van der Waals surface area (Å²) in [5, 5.41) is 9.22. The summed E-state index contributed by atoms with van der Waals surface area (Å²) in [7, 11) is 0. The fraction of sp³-hybridized carbons (Fsp3) is 0.467. The van der Waals surface area contributed by atoms with E-state index < -0.39 is 17.9 Å². The standard InChI is InChI=1S/C15H20N2O4/c1-3-17(13-8-21-7-11(13)15(19)20)14(18)10-5-4-9(2)12(16)6-10/h4-6,11,13H,3,7-8,16H2,1-2H3,(H,19,20). The summed E-state index contributed by atoms with van der Waals surface area (Å²) in [6, 6.07) is 4.69. The molecular weight excluding hydrogens is 272 g/mol. The Kier molecular flexibility index (Phi) is 4.47. The number of amides is 1. The molecule has 1 aromatic rings. The maximum Gasteiger partial charge on any atom is 0.311 e. The lowest BCUT2D eigenvalue weighted by atomic mass is 10.0. The molecule has 1 aliphatic rings. The van der Waals surface area contributed by atoms with Gasteiger partial charge in [0, 0.05) is 17.8 Å². The maximum absolute atomic E-state index is 12.6. The normalized spacial score (nSPS) is 21.2. The lowest BCUT2D eigenvalue weighted by Gasteiger charge is -2.29. The van der Waals surface area contributed by atoms with Crippen LogP contribution in [0.4, 0.5) is 5.69 Å². The molecule has 0 aliphatic carbocycles. The van der Waals surface area contributed by atoms with Crippen LogP contribution in [0.1, 0.15) is 22.8 Å². The Bertz CT molecular complexity index is 559. The molecule has 2 rings (SSSR count). The minimum Gasteiger partial charge on any atom is -0.481 e. The van der Waals surface area contributed by atoms with Crippen LogP contribution in [0.2, 0.25) is 0 Å². The van der Waals surface area contributed by atoms with Crippen LogP contribution in [0.5, 0.6) is 0 Å². The van der Waals surface area contributed by atoms with Crippen LogP contribution in [-0.2, 0) is 9.53 Å². The number of aryl methyl sites for hydroxylation is 1. The minimum absolute atomic E-state index is 0.139. The molecule has 2 unspecified atom stereocenters. The average molecular weight is 292 g/mol. The molecule has 1 heterocycles. The average Bonchev–Trinajstić information content (AvgIpc) is 2.92. The molecular formula is C15H20N2O4. The molecule has 114 valence electrons. The van der Waals surface area contributed by atoms with Crippen molar-refractivity contribution in [3.05, 3.63) is 29.3 Å². The Balaban J connectivity index is 2.26. The molecule has 2 atom stereocenters. The molecule has 0 bridgehead atoms. The van der Waals surface area contributed by atoms with Crippen LogP contribution in [0.25, 0.3) is 0 Å². The molecule has 0 aromatic heterocycles. The van der Waals surface area contributed by atoms with Crippen molar-refractivity contribution in [1.29, 1.82) is 0 Å². The van der Waals surface area contributed by atoms with Crippen molar-refractivity contribution in [2.45, 2.75) is 19.9 Å². The van der Waals surface area contributed by atoms with Crippen LogP contribution < -0.4 is 5.73 Å². The smallest absolute Gasteiger partial charge is 0.311 e. The second-order valence-electron chi connectivity index (χ2n) is 5.21. The van der Waals surface area contributed by atoms with Gasteiger partial charge in [-0.2, -0.15) is 0 Å². The number of likely N-dealkylation sites (N-methyl/N-ethyl adjacent to an activating group) is 1. The van der Waals surface area contributed by atoms with E-state index in [1.165, 1.54) is 0 Å². The zero-order valence-electron chi connectivity index (χ0n) is 12.2. The van der Waals surface area contributed by atoms with Gasteiger partial charge in [-0.3, -0.25) is 9.59 Å². The van der Waals surface area contributed by atoms with E-state index >= 15 is 0 Å². The largest absolute Gasteiger partial charge is 0.481 e. The molecule has 21 heavy (non-hydrogen) atoms. The van der Waals surface area contributed by atoms with Crippen molar-refractivity contribution < 1.29 is 19.4 Å². The van der Waals surface area contributed by atoms with Gasteiger partial charge in [0.25, 0.3) is 5.91 Å². The Labute approximate surface area is 123 Å². The van der Waals surface area contributed by atoms with Crippen LogP contribution in [-0.4, -0.2) is 47.7 Å². The Hall–Kier alpha value is -2.08. The molecule has 0 radical (unpaired) electrons. The molecule has 1 saturated heterocycles. The van der Waals surface area contributed by atoms with Crippen molar-refractivity contribution >= 4 is 17.6 Å². The van der Waals surface area contributed by atoms with Crippen molar-refractivity contribution in [1.82, 2.24) is 4.90 Å². The van der Waals surface area contributed by atoms with Gasteiger partial charge in [-0.15, -0.1) is 0 Å². The van der Waals surface area contributed by atoms with Gasteiger partial charge in [0.2, 0.25) is 0 Å². The number of nitrogen functional groups attached to an aromatic ring is 1. The number of benzene rings is 1. The first-order valence-corrected chi connectivity index (χ1v) is 6.93. The number of hydrogen-bond acceptors (Lipinski definition) is 4. The molecule has 3 N–H and O–H groups in total. The van der Waals surface area contributed by atoms with E-state index in [1.54, 1.807) is 23.1 Å². The predicted octanol–water partition coefficient (Wildman–Crippen LogP) is 1.14. The molecule has 0 saturated carbocycles. The highest BCUT2D eigenvalue weighted by Gasteiger charge is 2.39. The van der Waals surface area contributed by atoms with Crippen molar-refractivity contribution in [3.8, 4) is 0 Å². The second kappa shape index (κ2) is 6.13. The Morgan fingerprint density at radius 1 is 1.43 bits per heavy atom. The number of carboxylic acid groups (broad SMARTS) is 1. The highest BCUT2D eigenvalue weighted by molar-refractivity contribution is 5.95. The number of anilines is 1. The highest BCUT2D eigenvalue weighted by Crippen LogP contribution is 2.23. The first-order valence-electron chi connectivity index (χ1n) is 6.93. The van der Waals surface area contributed by atoms with Gasteiger partial charge < -0.3 is 20.5 Å². The van der Waals surface area contributed by atoms with Gasteiger partial charge in [-0.1, -0.05) is 6.07 Å². The fourth-order valence-corrected chi connectivity index (χ4v) is 2.55. The summed E-state index contributed by atoms with van der Waals surface area (Å²) < 4.78 is 5.24. The number of rotatable bonds is 4. The molecule has 1 amide bonds. The van der Waals surface area contributed by atoms with E-state index in [1.807, 2.05) is 13.8 Å². The van der Waals surface area contributed by atoms with Crippen molar-refractivity contribution in [3.63, 3.8) is 0 Å². The topological polar surface area (TPSA) is 92.9 Å². The minimum atomic E-state index is -0.938. The zero-order valence-corrected chi connectivity index (χ0v) is 12.2. The van der Waals surface area contributed by atoms with Gasteiger partial charge in [-0.25, -0.2) is 0 Å². The van der Waals surface area contributed by atoms with Crippen molar-refractivity contribution in [2.75, 3.05) is 25.5 Å². The number of nitrogens with zero attached hydrogens (tertiary/aromatic N) is 1. The van der Waals surface area contributed by atoms with Gasteiger partial charge >= 0.3 is 5.97 Å². The van der Waals surface area contributed by atoms with E-state index in [0.29, 0.717) is 17.8 Å². The van der Waals surface area contributed by atoms with Gasteiger partial charge in [-0.05, 0) is 31.5 Å². The van der Waals surface area contributed by atoms with E-state index in [9.17, 15) is 14.7 Å². The number of ether oxygens (including phenoxy) is 1. The fourth-order valence-electron chi connectivity index (χ4n) is 2.55. The summed E-state index contributed by atoms with van der Waals surface area (Å²) in [6.45, 7) is 4.50. The molecule has 0 spiro atoms. The lowest BCUT2D eigenvalue weighted by molar-refractivity contribution is -0.142. The first-order chi connectivity index (χ1) is 9.95. The van der Waals surface area contributed by atoms with Gasteiger partial charge in [0.15, 0.2) is 0 Å².